The minimum absolute atomic E-state index is 0.118. The maximum atomic E-state index is 6.59. The molecule has 2 rings (SSSR count). The lowest BCUT2D eigenvalue weighted by atomic mass is 9.75. The van der Waals surface area contributed by atoms with Gasteiger partial charge in [-0.3, -0.25) is 0 Å². The maximum absolute atomic E-state index is 6.59. The number of likely N-dealkylation sites (N-methyl/N-ethyl adjacent to an activating group) is 1. The number of thiophene rings is 1. The summed E-state index contributed by atoms with van der Waals surface area (Å²) in [6, 6.07) is 2.22. The fraction of sp³-hybridized carbons (Fsp3) is 0.692. The highest BCUT2D eigenvalue weighted by molar-refractivity contribution is 9.10. The molecule has 96 valence electrons. The molecule has 1 unspecified atom stereocenters. The van der Waals surface area contributed by atoms with Crippen molar-refractivity contribution in [2.75, 3.05) is 14.1 Å². The third-order valence-electron chi connectivity index (χ3n) is 4.12. The zero-order valence-electron chi connectivity index (χ0n) is 10.6. The van der Waals surface area contributed by atoms with Gasteiger partial charge in [0.05, 0.1) is 6.04 Å². The Morgan fingerprint density at radius 2 is 2.00 bits per heavy atom. The van der Waals surface area contributed by atoms with Crippen molar-refractivity contribution in [3.8, 4) is 0 Å². The average molecular weight is 317 g/mol. The van der Waals surface area contributed by atoms with Crippen molar-refractivity contribution in [2.45, 2.75) is 43.7 Å². The van der Waals surface area contributed by atoms with E-state index < -0.39 is 0 Å². The van der Waals surface area contributed by atoms with Gasteiger partial charge in [0, 0.05) is 14.9 Å². The number of hydrogen-bond donors (Lipinski definition) is 1. The fourth-order valence-electron chi connectivity index (χ4n) is 2.97. The monoisotopic (exact) mass is 316 g/mol. The second kappa shape index (κ2) is 5.39. The molecule has 0 aromatic carbocycles. The van der Waals surface area contributed by atoms with Crippen LogP contribution in [0.1, 0.15) is 43.0 Å². The molecular formula is C13H21BrN2S. The minimum atomic E-state index is 0.118. The van der Waals surface area contributed by atoms with Gasteiger partial charge in [0.15, 0.2) is 0 Å². The van der Waals surface area contributed by atoms with E-state index in [1.54, 1.807) is 11.3 Å². The van der Waals surface area contributed by atoms with E-state index in [1.165, 1.54) is 41.5 Å². The summed E-state index contributed by atoms with van der Waals surface area (Å²) in [5.74, 6) is 0. The number of hydrogen-bond acceptors (Lipinski definition) is 3. The zero-order valence-corrected chi connectivity index (χ0v) is 13.0. The molecule has 2 nitrogen and oxygen atoms in total. The molecule has 1 atom stereocenters. The summed E-state index contributed by atoms with van der Waals surface area (Å²) in [7, 11) is 4.35. The SMILES string of the molecule is CN(C)C1(C(N)c2sccc2Br)CCCCC1. The van der Waals surface area contributed by atoms with Crippen LogP contribution in [0.25, 0.3) is 0 Å². The topological polar surface area (TPSA) is 29.3 Å². The van der Waals surface area contributed by atoms with Crippen molar-refractivity contribution in [2.24, 2.45) is 5.73 Å². The van der Waals surface area contributed by atoms with Crippen LogP contribution in [0.15, 0.2) is 15.9 Å². The largest absolute Gasteiger partial charge is 0.322 e. The van der Waals surface area contributed by atoms with Crippen LogP contribution >= 0.6 is 27.3 Å². The number of rotatable bonds is 3. The van der Waals surface area contributed by atoms with Gasteiger partial charge >= 0.3 is 0 Å². The third kappa shape index (κ3) is 2.46. The van der Waals surface area contributed by atoms with E-state index in [-0.39, 0.29) is 11.6 Å². The van der Waals surface area contributed by atoms with Crippen molar-refractivity contribution in [1.82, 2.24) is 4.90 Å². The van der Waals surface area contributed by atoms with Gasteiger partial charge in [-0.15, -0.1) is 11.3 Å². The molecule has 1 aliphatic rings. The molecule has 1 aromatic heterocycles. The van der Waals surface area contributed by atoms with E-state index in [0.29, 0.717) is 0 Å². The molecule has 2 N–H and O–H groups in total. The normalized spacial score (nSPS) is 21.7. The highest BCUT2D eigenvalue weighted by Gasteiger charge is 2.41. The second-order valence-electron chi connectivity index (χ2n) is 5.17. The summed E-state index contributed by atoms with van der Waals surface area (Å²) >= 11 is 5.39. The van der Waals surface area contributed by atoms with E-state index in [2.05, 4.69) is 46.4 Å². The van der Waals surface area contributed by atoms with E-state index in [9.17, 15) is 0 Å². The van der Waals surface area contributed by atoms with Crippen LogP contribution in [0.5, 0.6) is 0 Å². The molecule has 17 heavy (non-hydrogen) atoms. The van der Waals surface area contributed by atoms with Crippen LogP contribution in [-0.4, -0.2) is 24.5 Å². The highest BCUT2D eigenvalue weighted by Crippen LogP contribution is 2.43. The molecule has 1 aliphatic carbocycles. The summed E-state index contributed by atoms with van der Waals surface area (Å²) in [6.45, 7) is 0. The lowest BCUT2D eigenvalue weighted by Crippen LogP contribution is -2.53. The van der Waals surface area contributed by atoms with Crippen LogP contribution in [0.3, 0.4) is 0 Å². The fourth-order valence-corrected chi connectivity index (χ4v) is 4.70. The van der Waals surface area contributed by atoms with Gasteiger partial charge in [0.2, 0.25) is 0 Å². The molecule has 1 aromatic rings. The lowest BCUT2D eigenvalue weighted by molar-refractivity contribution is 0.0723. The molecule has 0 bridgehead atoms. The van der Waals surface area contributed by atoms with Crippen molar-refractivity contribution in [3.63, 3.8) is 0 Å². The number of nitrogens with two attached hydrogens (primary N) is 1. The van der Waals surface area contributed by atoms with Gasteiger partial charge in [-0.2, -0.15) is 0 Å². The molecule has 1 fully saturated rings. The quantitative estimate of drug-likeness (QED) is 0.919. The molecule has 1 heterocycles. The summed E-state index contributed by atoms with van der Waals surface area (Å²) in [5.41, 5.74) is 6.73. The first kappa shape index (κ1) is 13.5. The Bertz CT molecular complexity index is 369. The predicted molar refractivity (Wildman–Crippen MR) is 78.5 cm³/mol. The van der Waals surface area contributed by atoms with Gasteiger partial charge in [-0.05, 0) is 54.3 Å². The van der Waals surface area contributed by atoms with Gasteiger partial charge in [-0.1, -0.05) is 19.3 Å². The Labute approximate surface area is 116 Å². The van der Waals surface area contributed by atoms with Crippen LogP contribution in [0.2, 0.25) is 0 Å². The van der Waals surface area contributed by atoms with Crippen molar-refractivity contribution in [1.29, 1.82) is 0 Å². The average Bonchev–Trinajstić information content (AvgIpc) is 2.75. The zero-order chi connectivity index (χ0) is 12.5. The third-order valence-corrected chi connectivity index (χ3v) is 6.07. The Morgan fingerprint density at radius 3 is 2.47 bits per heavy atom. The van der Waals surface area contributed by atoms with Gasteiger partial charge in [0.25, 0.3) is 0 Å². The molecule has 0 radical (unpaired) electrons. The van der Waals surface area contributed by atoms with E-state index in [0.717, 1.165) is 0 Å². The van der Waals surface area contributed by atoms with Crippen molar-refractivity contribution >= 4 is 27.3 Å². The van der Waals surface area contributed by atoms with Crippen LogP contribution in [0.4, 0.5) is 0 Å². The van der Waals surface area contributed by atoms with Crippen LogP contribution < -0.4 is 5.73 Å². The standard InChI is InChI=1S/C13H21BrN2S/c1-16(2)13(7-4-3-5-8-13)12(15)11-10(14)6-9-17-11/h6,9,12H,3-5,7-8,15H2,1-2H3. The Hall–Kier alpha value is 0.100. The van der Waals surface area contributed by atoms with Crippen LogP contribution in [-0.2, 0) is 0 Å². The summed E-state index contributed by atoms with van der Waals surface area (Å²) in [4.78, 5) is 3.64. The maximum Gasteiger partial charge on any atom is 0.0588 e. The molecule has 1 saturated carbocycles. The number of nitrogens with zero attached hydrogens (tertiary/aromatic N) is 1. The second-order valence-corrected chi connectivity index (χ2v) is 6.97. The predicted octanol–water partition coefficient (Wildman–Crippen LogP) is 3.77. The first-order valence-electron chi connectivity index (χ1n) is 6.24. The molecule has 0 spiro atoms. The highest BCUT2D eigenvalue weighted by atomic mass is 79.9. The van der Waals surface area contributed by atoms with Gasteiger partial charge < -0.3 is 10.6 Å². The number of halogens is 1. The van der Waals surface area contributed by atoms with E-state index in [4.69, 9.17) is 5.73 Å². The van der Waals surface area contributed by atoms with Crippen LogP contribution in [0, 0.1) is 0 Å². The van der Waals surface area contributed by atoms with Crippen molar-refractivity contribution in [3.05, 3.63) is 20.8 Å². The molecule has 0 saturated heterocycles. The summed E-state index contributed by atoms with van der Waals surface area (Å²) in [5, 5.41) is 2.12. The van der Waals surface area contributed by atoms with Crippen molar-refractivity contribution < 1.29 is 0 Å². The lowest BCUT2D eigenvalue weighted by Gasteiger charge is -2.47. The Balaban J connectivity index is 2.30. The van der Waals surface area contributed by atoms with Gasteiger partial charge in [0.1, 0.15) is 0 Å². The Kier molecular flexibility index (Phi) is 4.29. The van der Waals surface area contributed by atoms with E-state index >= 15 is 0 Å². The summed E-state index contributed by atoms with van der Waals surface area (Å²) in [6.07, 6.45) is 6.38. The molecular weight excluding hydrogens is 296 g/mol. The summed E-state index contributed by atoms with van der Waals surface area (Å²) < 4.78 is 1.17. The minimum Gasteiger partial charge on any atom is -0.322 e. The molecule has 0 amide bonds. The smallest absolute Gasteiger partial charge is 0.0588 e. The van der Waals surface area contributed by atoms with Gasteiger partial charge in [-0.25, -0.2) is 0 Å². The molecule has 0 aliphatic heterocycles. The first-order chi connectivity index (χ1) is 8.08. The Morgan fingerprint density at radius 1 is 1.35 bits per heavy atom. The molecule has 4 heteroatoms. The van der Waals surface area contributed by atoms with E-state index in [1.807, 2.05) is 0 Å². The first-order valence-corrected chi connectivity index (χ1v) is 7.91.